The Balaban J connectivity index is 1.74. The Morgan fingerprint density at radius 1 is 1.12 bits per heavy atom. The SMILES string of the molecule is COc1cccc2cc(Cc3c(-c4ccc(Br)cc4)noc3C)oc12. The molecule has 2 heterocycles. The van der Waals surface area contributed by atoms with Gasteiger partial charge in [-0.25, -0.2) is 0 Å². The number of aryl methyl sites for hydroxylation is 1. The van der Waals surface area contributed by atoms with Gasteiger partial charge in [0.1, 0.15) is 17.2 Å². The van der Waals surface area contributed by atoms with E-state index < -0.39 is 0 Å². The van der Waals surface area contributed by atoms with Crippen molar-refractivity contribution in [3.05, 3.63) is 70.1 Å². The molecule has 4 nitrogen and oxygen atoms in total. The van der Waals surface area contributed by atoms with Crippen LogP contribution >= 0.6 is 15.9 Å². The summed E-state index contributed by atoms with van der Waals surface area (Å²) in [4.78, 5) is 0. The standard InChI is InChI=1S/C20H16BrNO3/c1-12-17(19(22-25-12)13-6-8-15(21)9-7-13)11-16-10-14-4-3-5-18(23-2)20(14)24-16/h3-10H,11H2,1-2H3. The second-order valence-corrected chi connectivity index (χ2v) is 6.76. The summed E-state index contributed by atoms with van der Waals surface area (Å²) in [7, 11) is 1.65. The number of nitrogens with zero attached hydrogens (tertiary/aromatic N) is 1. The van der Waals surface area contributed by atoms with Gasteiger partial charge in [-0.15, -0.1) is 0 Å². The Morgan fingerprint density at radius 3 is 2.68 bits per heavy atom. The van der Waals surface area contributed by atoms with E-state index in [1.54, 1.807) is 7.11 Å². The summed E-state index contributed by atoms with van der Waals surface area (Å²) < 4.78 is 17.9. The smallest absolute Gasteiger partial charge is 0.176 e. The van der Waals surface area contributed by atoms with Crippen LogP contribution in [0.3, 0.4) is 0 Å². The maximum absolute atomic E-state index is 6.03. The molecule has 0 aliphatic heterocycles. The Hall–Kier alpha value is -2.53. The fourth-order valence-electron chi connectivity index (χ4n) is 2.95. The van der Waals surface area contributed by atoms with E-state index in [9.17, 15) is 0 Å². The minimum Gasteiger partial charge on any atom is -0.493 e. The number of halogens is 1. The van der Waals surface area contributed by atoms with E-state index in [0.29, 0.717) is 6.42 Å². The van der Waals surface area contributed by atoms with E-state index in [0.717, 1.165) is 49.5 Å². The zero-order valence-corrected chi connectivity index (χ0v) is 15.5. The molecule has 0 fully saturated rings. The topological polar surface area (TPSA) is 48.4 Å². The van der Waals surface area contributed by atoms with E-state index >= 15 is 0 Å². The number of ether oxygens (including phenoxy) is 1. The molecule has 25 heavy (non-hydrogen) atoms. The summed E-state index contributed by atoms with van der Waals surface area (Å²) in [5, 5.41) is 5.26. The lowest BCUT2D eigenvalue weighted by Crippen LogP contribution is -1.90. The molecule has 4 aromatic rings. The summed E-state index contributed by atoms with van der Waals surface area (Å²) in [6.45, 7) is 1.92. The number of rotatable bonds is 4. The largest absolute Gasteiger partial charge is 0.493 e. The first-order valence-electron chi connectivity index (χ1n) is 7.92. The number of hydrogen-bond acceptors (Lipinski definition) is 4. The summed E-state index contributed by atoms with van der Waals surface area (Å²) in [5.41, 5.74) is 3.65. The fourth-order valence-corrected chi connectivity index (χ4v) is 3.21. The molecule has 126 valence electrons. The molecule has 0 amide bonds. The molecule has 2 aromatic heterocycles. The van der Waals surface area contributed by atoms with Crippen molar-refractivity contribution in [1.82, 2.24) is 5.16 Å². The second kappa shape index (κ2) is 6.41. The third kappa shape index (κ3) is 2.96. The number of hydrogen-bond donors (Lipinski definition) is 0. The van der Waals surface area contributed by atoms with Gasteiger partial charge in [0, 0.05) is 27.4 Å². The predicted molar refractivity (Wildman–Crippen MR) is 99.9 cm³/mol. The van der Waals surface area contributed by atoms with Crippen LogP contribution in [0.1, 0.15) is 17.1 Å². The maximum atomic E-state index is 6.03. The number of para-hydroxylation sites is 1. The highest BCUT2D eigenvalue weighted by molar-refractivity contribution is 9.10. The van der Waals surface area contributed by atoms with Gasteiger partial charge in [-0.3, -0.25) is 0 Å². The molecular weight excluding hydrogens is 382 g/mol. The average molecular weight is 398 g/mol. The molecule has 5 heteroatoms. The van der Waals surface area contributed by atoms with Crippen molar-refractivity contribution >= 4 is 26.9 Å². The lowest BCUT2D eigenvalue weighted by Gasteiger charge is -2.02. The van der Waals surface area contributed by atoms with Gasteiger partial charge in [0.15, 0.2) is 11.3 Å². The van der Waals surface area contributed by atoms with Crippen LogP contribution in [0.4, 0.5) is 0 Å². The highest BCUT2D eigenvalue weighted by Crippen LogP contribution is 2.32. The Labute approximate surface area is 153 Å². The van der Waals surface area contributed by atoms with Crippen molar-refractivity contribution in [2.75, 3.05) is 7.11 Å². The highest BCUT2D eigenvalue weighted by atomic mass is 79.9. The number of fused-ring (bicyclic) bond motifs is 1. The lowest BCUT2D eigenvalue weighted by molar-refractivity contribution is 0.397. The summed E-state index contributed by atoms with van der Waals surface area (Å²) in [6.07, 6.45) is 0.610. The van der Waals surface area contributed by atoms with E-state index in [2.05, 4.69) is 21.1 Å². The van der Waals surface area contributed by atoms with Crippen LogP contribution in [0.25, 0.3) is 22.2 Å². The van der Waals surface area contributed by atoms with Gasteiger partial charge in [0.25, 0.3) is 0 Å². The predicted octanol–water partition coefficient (Wildman–Crippen LogP) is 5.76. The molecule has 0 bridgehead atoms. The van der Waals surface area contributed by atoms with Crippen molar-refractivity contribution in [3.63, 3.8) is 0 Å². The van der Waals surface area contributed by atoms with Gasteiger partial charge in [0.05, 0.1) is 7.11 Å². The molecule has 0 spiro atoms. The van der Waals surface area contributed by atoms with E-state index in [-0.39, 0.29) is 0 Å². The van der Waals surface area contributed by atoms with Crippen LogP contribution in [0.5, 0.6) is 5.75 Å². The Morgan fingerprint density at radius 2 is 1.92 bits per heavy atom. The zero-order chi connectivity index (χ0) is 17.4. The summed E-state index contributed by atoms with van der Waals surface area (Å²) in [6, 6.07) is 15.9. The average Bonchev–Trinajstić information content (AvgIpc) is 3.19. The van der Waals surface area contributed by atoms with Gasteiger partial charge in [-0.1, -0.05) is 45.4 Å². The van der Waals surface area contributed by atoms with Crippen LogP contribution in [-0.2, 0) is 6.42 Å². The number of methoxy groups -OCH3 is 1. The van der Waals surface area contributed by atoms with Crippen LogP contribution in [0.15, 0.2) is 61.9 Å². The summed E-state index contributed by atoms with van der Waals surface area (Å²) >= 11 is 3.46. The molecule has 0 aliphatic carbocycles. The van der Waals surface area contributed by atoms with Crippen LogP contribution in [-0.4, -0.2) is 12.3 Å². The molecule has 0 atom stereocenters. The first-order chi connectivity index (χ1) is 12.2. The number of aromatic nitrogens is 1. The molecule has 2 aromatic carbocycles. The number of benzene rings is 2. The maximum Gasteiger partial charge on any atom is 0.176 e. The molecular formula is C20H16BrNO3. The van der Waals surface area contributed by atoms with E-state index in [1.165, 1.54) is 0 Å². The second-order valence-electron chi connectivity index (χ2n) is 5.84. The lowest BCUT2D eigenvalue weighted by atomic mass is 10.0. The van der Waals surface area contributed by atoms with Gasteiger partial charge >= 0.3 is 0 Å². The van der Waals surface area contributed by atoms with Crippen LogP contribution in [0.2, 0.25) is 0 Å². The molecule has 0 aliphatic rings. The van der Waals surface area contributed by atoms with Crippen LogP contribution in [0, 0.1) is 6.92 Å². The van der Waals surface area contributed by atoms with E-state index in [1.807, 2.05) is 55.5 Å². The minimum absolute atomic E-state index is 0.610. The number of furan rings is 1. The van der Waals surface area contributed by atoms with Gasteiger partial charge in [-0.05, 0) is 31.2 Å². The van der Waals surface area contributed by atoms with Crippen molar-refractivity contribution in [3.8, 4) is 17.0 Å². The first kappa shape index (κ1) is 16.0. The fraction of sp³-hybridized carbons (Fsp3) is 0.150. The molecule has 4 rings (SSSR count). The van der Waals surface area contributed by atoms with Crippen molar-refractivity contribution in [2.24, 2.45) is 0 Å². The van der Waals surface area contributed by atoms with E-state index in [4.69, 9.17) is 13.7 Å². The molecule has 0 saturated carbocycles. The molecule has 0 unspecified atom stereocenters. The van der Waals surface area contributed by atoms with Gasteiger partial charge in [-0.2, -0.15) is 0 Å². The first-order valence-corrected chi connectivity index (χ1v) is 8.71. The Kier molecular flexibility index (Phi) is 4.09. The van der Waals surface area contributed by atoms with Crippen molar-refractivity contribution in [2.45, 2.75) is 13.3 Å². The summed E-state index contributed by atoms with van der Waals surface area (Å²) in [5.74, 6) is 2.38. The van der Waals surface area contributed by atoms with Crippen molar-refractivity contribution in [1.29, 1.82) is 0 Å². The third-order valence-corrected chi connectivity index (χ3v) is 4.76. The van der Waals surface area contributed by atoms with Crippen LogP contribution < -0.4 is 4.74 Å². The zero-order valence-electron chi connectivity index (χ0n) is 13.9. The Bertz CT molecular complexity index is 1030. The minimum atomic E-state index is 0.610. The molecule has 0 radical (unpaired) electrons. The normalized spacial score (nSPS) is 11.2. The third-order valence-electron chi connectivity index (χ3n) is 4.23. The van der Waals surface area contributed by atoms with Gasteiger partial charge in [0.2, 0.25) is 0 Å². The molecule has 0 saturated heterocycles. The van der Waals surface area contributed by atoms with Crippen molar-refractivity contribution < 1.29 is 13.7 Å². The highest BCUT2D eigenvalue weighted by Gasteiger charge is 2.18. The quantitative estimate of drug-likeness (QED) is 0.439. The monoisotopic (exact) mass is 397 g/mol. The van der Waals surface area contributed by atoms with Gasteiger partial charge < -0.3 is 13.7 Å². The molecule has 0 N–H and O–H groups in total.